The lowest BCUT2D eigenvalue weighted by Crippen LogP contribution is -2.45. The summed E-state index contributed by atoms with van der Waals surface area (Å²) in [7, 11) is 0. The monoisotopic (exact) mass is 380 g/mol. The summed E-state index contributed by atoms with van der Waals surface area (Å²) in [5.74, 6) is -1.38. The summed E-state index contributed by atoms with van der Waals surface area (Å²) in [5.41, 5.74) is -0.108. The van der Waals surface area contributed by atoms with Crippen LogP contribution < -0.4 is 10.6 Å². The summed E-state index contributed by atoms with van der Waals surface area (Å²) in [4.78, 5) is 35.6. The number of carbonyl (C=O) groups is 3. The molecule has 0 aliphatic heterocycles. The molecule has 6 nitrogen and oxygen atoms in total. The van der Waals surface area contributed by atoms with Gasteiger partial charge < -0.3 is 15.7 Å². The highest BCUT2D eigenvalue weighted by atomic mass is 35.5. The zero-order valence-electron chi connectivity index (χ0n) is 14.9. The number of hydrogen-bond acceptors (Lipinski definition) is 3. The topological polar surface area (TPSA) is 95.5 Å². The van der Waals surface area contributed by atoms with Crippen molar-refractivity contribution in [3.63, 3.8) is 0 Å². The van der Waals surface area contributed by atoms with Crippen LogP contribution in [0.2, 0.25) is 5.02 Å². The minimum absolute atomic E-state index is 0.0386. The van der Waals surface area contributed by atoms with E-state index in [9.17, 15) is 19.5 Å². The minimum atomic E-state index is -0.877. The Morgan fingerprint density at radius 2 is 1.77 bits per heavy atom. The molecule has 0 bridgehead atoms. The Morgan fingerprint density at radius 1 is 1.15 bits per heavy atom. The van der Waals surface area contributed by atoms with Crippen molar-refractivity contribution >= 4 is 29.4 Å². The molecular formula is C19H25ClN2O4. The molecule has 3 N–H and O–H groups in total. The van der Waals surface area contributed by atoms with Gasteiger partial charge in [-0.1, -0.05) is 43.0 Å². The van der Waals surface area contributed by atoms with Gasteiger partial charge in [-0.05, 0) is 30.5 Å². The maximum absolute atomic E-state index is 12.4. The fourth-order valence-corrected chi connectivity index (χ4v) is 3.54. The number of carboxylic acid groups (broad SMARTS) is 1. The van der Waals surface area contributed by atoms with E-state index in [0.717, 1.165) is 24.8 Å². The highest BCUT2D eigenvalue weighted by molar-refractivity contribution is 6.30. The van der Waals surface area contributed by atoms with E-state index in [0.29, 0.717) is 17.9 Å². The lowest BCUT2D eigenvalue weighted by atomic mass is 9.74. The zero-order chi connectivity index (χ0) is 19.2. The van der Waals surface area contributed by atoms with E-state index in [1.165, 1.54) is 6.92 Å². The number of carboxylic acids is 1. The van der Waals surface area contributed by atoms with Crippen molar-refractivity contribution in [1.82, 2.24) is 10.6 Å². The second kappa shape index (κ2) is 9.03. The highest BCUT2D eigenvalue weighted by Gasteiger charge is 2.39. The molecule has 0 spiro atoms. The first-order valence-corrected chi connectivity index (χ1v) is 9.23. The molecule has 142 valence electrons. The van der Waals surface area contributed by atoms with Crippen molar-refractivity contribution in [3.05, 3.63) is 34.9 Å². The Labute approximate surface area is 158 Å². The van der Waals surface area contributed by atoms with E-state index < -0.39 is 17.4 Å². The first-order valence-electron chi connectivity index (χ1n) is 8.85. The Morgan fingerprint density at radius 3 is 2.31 bits per heavy atom. The van der Waals surface area contributed by atoms with Crippen molar-refractivity contribution in [2.45, 2.75) is 51.5 Å². The third-order valence-corrected chi connectivity index (χ3v) is 5.18. The van der Waals surface area contributed by atoms with Crippen LogP contribution in [0.3, 0.4) is 0 Å². The molecule has 0 radical (unpaired) electrons. The summed E-state index contributed by atoms with van der Waals surface area (Å²) >= 11 is 5.89. The molecule has 1 aliphatic carbocycles. The van der Waals surface area contributed by atoms with Crippen LogP contribution in [-0.2, 0) is 14.4 Å². The largest absolute Gasteiger partial charge is 0.481 e. The summed E-state index contributed by atoms with van der Waals surface area (Å²) in [6.07, 6.45) is 3.95. The smallest absolute Gasteiger partial charge is 0.311 e. The molecule has 1 aromatic rings. The second-order valence-corrected chi connectivity index (χ2v) is 7.37. The molecule has 1 saturated carbocycles. The van der Waals surface area contributed by atoms with E-state index >= 15 is 0 Å². The Hall–Kier alpha value is -2.08. The zero-order valence-corrected chi connectivity index (χ0v) is 15.6. The number of nitrogens with one attached hydrogen (secondary N) is 2. The van der Waals surface area contributed by atoms with Gasteiger partial charge in [0.1, 0.15) is 0 Å². The maximum Gasteiger partial charge on any atom is 0.311 e. The fourth-order valence-electron chi connectivity index (χ4n) is 3.41. The van der Waals surface area contributed by atoms with Crippen molar-refractivity contribution in [1.29, 1.82) is 0 Å². The average molecular weight is 381 g/mol. The quantitative estimate of drug-likeness (QED) is 0.677. The number of carbonyl (C=O) groups excluding carboxylic acids is 2. The standard InChI is InChI=1S/C19H25ClN2O4/c1-13(23)22-16(14-5-7-15(20)8-6-14)11-17(24)21-12-19(18(25)26)9-3-2-4-10-19/h5-8,16H,2-4,9-12H2,1H3,(H,21,24)(H,22,23)(H,25,26). The van der Waals surface area contributed by atoms with E-state index in [4.69, 9.17) is 11.6 Å². The SMILES string of the molecule is CC(=O)NC(CC(=O)NCC1(C(=O)O)CCCCC1)c1ccc(Cl)cc1. The van der Waals surface area contributed by atoms with Crippen LogP contribution in [0, 0.1) is 5.41 Å². The number of hydrogen-bond donors (Lipinski definition) is 3. The van der Waals surface area contributed by atoms with Crippen LogP contribution in [0.1, 0.15) is 57.1 Å². The summed E-state index contributed by atoms with van der Waals surface area (Å²) in [5, 5.41) is 15.7. The van der Waals surface area contributed by atoms with Crippen LogP contribution in [-0.4, -0.2) is 29.4 Å². The first kappa shape index (κ1) is 20.2. The van der Waals surface area contributed by atoms with Crippen molar-refractivity contribution < 1.29 is 19.5 Å². The van der Waals surface area contributed by atoms with Gasteiger partial charge in [-0.25, -0.2) is 0 Å². The van der Waals surface area contributed by atoms with Gasteiger partial charge in [-0.3, -0.25) is 14.4 Å². The van der Waals surface area contributed by atoms with Gasteiger partial charge in [0.2, 0.25) is 11.8 Å². The Kier molecular flexibility index (Phi) is 7.03. The molecular weight excluding hydrogens is 356 g/mol. The molecule has 1 aromatic carbocycles. The number of benzene rings is 1. The number of halogens is 1. The Bertz CT molecular complexity index is 654. The maximum atomic E-state index is 12.4. The number of aliphatic carboxylic acids is 1. The molecule has 2 amide bonds. The highest BCUT2D eigenvalue weighted by Crippen LogP contribution is 2.36. The van der Waals surface area contributed by atoms with E-state index in [-0.39, 0.29) is 24.8 Å². The van der Waals surface area contributed by atoms with Crippen molar-refractivity contribution in [2.24, 2.45) is 5.41 Å². The van der Waals surface area contributed by atoms with E-state index in [1.54, 1.807) is 24.3 Å². The number of amides is 2. The van der Waals surface area contributed by atoms with Gasteiger partial charge in [0, 0.05) is 18.5 Å². The molecule has 0 saturated heterocycles. The second-order valence-electron chi connectivity index (χ2n) is 6.93. The molecule has 1 atom stereocenters. The summed E-state index contributed by atoms with van der Waals surface area (Å²) in [6.45, 7) is 1.51. The molecule has 1 fully saturated rings. The van der Waals surface area contributed by atoms with Crippen LogP contribution >= 0.6 is 11.6 Å². The van der Waals surface area contributed by atoms with Crippen LogP contribution in [0.5, 0.6) is 0 Å². The third kappa shape index (κ3) is 5.46. The molecule has 2 rings (SSSR count). The predicted molar refractivity (Wildman–Crippen MR) is 98.8 cm³/mol. The molecule has 1 aliphatic rings. The average Bonchev–Trinajstić information content (AvgIpc) is 2.60. The first-order chi connectivity index (χ1) is 12.3. The predicted octanol–water partition coefficient (Wildman–Crippen LogP) is 3.06. The normalized spacial score (nSPS) is 17.2. The lowest BCUT2D eigenvalue weighted by molar-refractivity contribution is -0.151. The molecule has 1 unspecified atom stereocenters. The summed E-state index contributed by atoms with van der Waals surface area (Å²) in [6, 6.07) is 6.43. The third-order valence-electron chi connectivity index (χ3n) is 4.93. The van der Waals surface area contributed by atoms with Crippen LogP contribution in [0.4, 0.5) is 0 Å². The number of rotatable bonds is 7. The van der Waals surface area contributed by atoms with Gasteiger partial charge in [0.25, 0.3) is 0 Å². The van der Waals surface area contributed by atoms with Gasteiger partial charge in [0.05, 0.1) is 17.9 Å². The minimum Gasteiger partial charge on any atom is -0.481 e. The molecule has 7 heteroatoms. The van der Waals surface area contributed by atoms with Gasteiger partial charge >= 0.3 is 5.97 Å². The lowest BCUT2D eigenvalue weighted by Gasteiger charge is -2.33. The van der Waals surface area contributed by atoms with Crippen molar-refractivity contribution in [2.75, 3.05) is 6.54 Å². The van der Waals surface area contributed by atoms with E-state index in [1.807, 2.05) is 0 Å². The van der Waals surface area contributed by atoms with E-state index in [2.05, 4.69) is 10.6 Å². The Balaban J connectivity index is 2.01. The van der Waals surface area contributed by atoms with Gasteiger partial charge in [-0.2, -0.15) is 0 Å². The molecule has 0 heterocycles. The van der Waals surface area contributed by atoms with Crippen molar-refractivity contribution in [3.8, 4) is 0 Å². The van der Waals surface area contributed by atoms with Crippen LogP contribution in [0.15, 0.2) is 24.3 Å². The summed E-state index contributed by atoms with van der Waals surface area (Å²) < 4.78 is 0. The molecule has 0 aromatic heterocycles. The van der Waals surface area contributed by atoms with Gasteiger partial charge in [-0.15, -0.1) is 0 Å². The van der Waals surface area contributed by atoms with Crippen LogP contribution in [0.25, 0.3) is 0 Å². The fraction of sp³-hybridized carbons (Fsp3) is 0.526. The van der Waals surface area contributed by atoms with Gasteiger partial charge in [0.15, 0.2) is 0 Å². The molecule has 26 heavy (non-hydrogen) atoms.